The molecule has 0 saturated carbocycles. The van der Waals surface area contributed by atoms with E-state index in [-0.39, 0.29) is 11.7 Å². The van der Waals surface area contributed by atoms with Crippen molar-refractivity contribution in [3.05, 3.63) is 46.1 Å². The van der Waals surface area contributed by atoms with Crippen LogP contribution < -0.4 is 0 Å². The van der Waals surface area contributed by atoms with E-state index in [9.17, 15) is 14.9 Å². The zero-order valence-corrected chi connectivity index (χ0v) is 12.0. The molecule has 0 radical (unpaired) electrons. The lowest BCUT2D eigenvalue weighted by atomic mass is 10.1. The van der Waals surface area contributed by atoms with Crippen molar-refractivity contribution in [1.82, 2.24) is 9.78 Å². The molecule has 6 nitrogen and oxygen atoms in total. The van der Waals surface area contributed by atoms with Gasteiger partial charge in [-0.05, 0) is 25.0 Å². The highest BCUT2D eigenvalue weighted by Gasteiger charge is 2.15. The molecular formula is C15H17N3O3. The minimum atomic E-state index is -0.451. The number of nitro groups is 1. The smallest absolute Gasteiger partial charge is 0.269 e. The molecule has 0 bridgehead atoms. The van der Waals surface area contributed by atoms with Crippen LogP contribution in [-0.2, 0) is 0 Å². The van der Waals surface area contributed by atoms with Crippen molar-refractivity contribution in [2.75, 3.05) is 0 Å². The first kappa shape index (κ1) is 14.9. The quantitative estimate of drug-likeness (QED) is 0.461. The van der Waals surface area contributed by atoms with Crippen LogP contribution in [0.5, 0.6) is 0 Å². The maximum Gasteiger partial charge on any atom is 0.269 e. The maximum atomic E-state index is 11.2. The standard InChI is InChI=1S/C15H17N3O3/c1-3-13(4-2)17-9-12(10-19)15(16-17)11-5-7-14(8-6-11)18(20)21/h5-10,13H,3-4H2,1-2H3. The van der Waals surface area contributed by atoms with Gasteiger partial charge in [0.25, 0.3) is 5.69 Å². The molecule has 6 heteroatoms. The highest BCUT2D eigenvalue weighted by Crippen LogP contribution is 2.26. The Labute approximate surface area is 122 Å². The van der Waals surface area contributed by atoms with Gasteiger partial charge in [-0.15, -0.1) is 0 Å². The summed E-state index contributed by atoms with van der Waals surface area (Å²) >= 11 is 0. The molecule has 0 unspecified atom stereocenters. The number of benzene rings is 1. The van der Waals surface area contributed by atoms with E-state index in [0.717, 1.165) is 19.1 Å². The van der Waals surface area contributed by atoms with Gasteiger partial charge < -0.3 is 0 Å². The molecule has 1 heterocycles. The number of non-ortho nitro benzene ring substituents is 1. The number of nitrogens with zero attached hydrogens (tertiary/aromatic N) is 3. The summed E-state index contributed by atoms with van der Waals surface area (Å²) in [5, 5.41) is 15.2. The number of carbonyl (C=O) groups is 1. The number of aldehydes is 1. The largest absolute Gasteiger partial charge is 0.298 e. The van der Waals surface area contributed by atoms with Gasteiger partial charge in [-0.25, -0.2) is 0 Å². The molecule has 1 aromatic carbocycles. The van der Waals surface area contributed by atoms with Crippen LogP contribution in [0, 0.1) is 10.1 Å². The third kappa shape index (κ3) is 2.99. The molecule has 0 spiro atoms. The topological polar surface area (TPSA) is 78.0 Å². The molecule has 2 aromatic rings. The fourth-order valence-corrected chi connectivity index (χ4v) is 2.31. The van der Waals surface area contributed by atoms with Crippen molar-refractivity contribution >= 4 is 12.0 Å². The van der Waals surface area contributed by atoms with Gasteiger partial charge in [0.15, 0.2) is 6.29 Å². The lowest BCUT2D eigenvalue weighted by molar-refractivity contribution is -0.384. The zero-order chi connectivity index (χ0) is 15.4. The monoisotopic (exact) mass is 287 g/mol. The van der Waals surface area contributed by atoms with E-state index in [0.29, 0.717) is 16.8 Å². The molecule has 0 N–H and O–H groups in total. The first-order valence-electron chi connectivity index (χ1n) is 6.89. The Balaban J connectivity index is 2.42. The zero-order valence-electron chi connectivity index (χ0n) is 12.0. The van der Waals surface area contributed by atoms with Gasteiger partial charge in [0.1, 0.15) is 5.69 Å². The molecular weight excluding hydrogens is 270 g/mol. The molecule has 0 aliphatic rings. The van der Waals surface area contributed by atoms with Crippen LogP contribution in [0.4, 0.5) is 5.69 Å². The third-order valence-corrected chi connectivity index (χ3v) is 3.56. The normalized spacial score (nSPS) is 10.8. The molecule has 0 atom stereocenters. The van der Waals surface area contributed by atoms with Gasteiger partial charge >= 0.3 is 0 Å². The van der Waals surface area contributed by atoms with Crippen LogP contribution >= 0.6 is 0 Å². The molecule has 0 aliphatic heterocycles. The van der Waals surface area contributed by atoms with E-state index in [1.54, 1.807) is 23.0 Å². The number of carbonyl (C=O) groups excluding carboxylic acids is 1. The molecule has 0 saturated heterocycles. The van der Waals surface area contributed by atoms with Gasteiger partial charge in [0.2, 0.25) is 0 Å². The summed E-state index contributed by atoms with van der Waals surface area (Å²) in [5.41, 5.74) is 1.78. The van der Waals surface area contributed by atoms with Crippen molar-refractivity contribution in [3.8, 4) is 11.3 Å². The molecule has 1 aromatic heterocycles. The van der Waals surface area contributed by atoms with E-state index in [1.807, 2.05) is 0 Å². The fourth-order valence-electron chi connectivity index (χ4n) is 2.31. The van der Waals surface area contributed by atoms with Crippen LogP contribution in [0.1, 0.15) is 43.1 Å². The van der Waals surface area contributed by atoms with E-state index < -0.39 is 4.92 Å². The fraction of sp³-hybridized carbons (Fsp3) is 0.333. The molecule has 0 amide bonds. The first-order valence-corrected chi connectivity index (χ1v) is 6.89. The molecule has 2 rings (SSSR count). The molecule has 110 valence electrons. The van der Waals surface area contributed by atoms with Crippen LogP contribution in [0.3, 0.4) is 0 Å². The Morgan fingerprint density at radius 1 is 1.29 bits per heavy atom. The first-order chi connectivity index (χ1) is 10.1. The third-order valence-electron chi connectivity index (χ3n) is 3.56. The van der Waals surface area contributed by atoms with E-state index >= 15 is 0 Å². The van der Waals surface area contributed by atoms with Crippen LogP contribution in [0.2, 0.25) is 0 Å². The Morgan fingerprint density at radius 2 is 1.90 bits per heavy atom. The molecule has 21 heavy (non-hydrogen) atoms. The second-order valence-electron chi connectivity index (χ2n) is 4.81. The number of hydrogen-bond acceptors (Lipinski definition) is 4. The van der Waals surface area contributed by atoms with Crippen molar-refractivity contribution in [1.29, 1.82) is 0 Å². The molecule has 0 aliphatic carbocycles. The van der Waals surface area contributed by atoms with Crippen molar-refractivity contribution in [2.45, 2.75) is 32.7 Å². The number of aromatic nitrogens is 2. The van der Waals surface area contributed by atoms with E-state index in [1.165, 1.54) is 12.1 Å². The minimum absolute atomic E-state index is 0.0193. The van der Waals surface area contributed by atoms with Gasteiger partial charge in [0.05, 0.1) is 16.5 Å². The highest BCUT2D eigenvalue weighted by atomic mass is 16.6. The van der Waals surface area contributed by atoms with Crippen LogP contribution in [-0.4, -0.2) is 21.0 Å². The van der Waals surface area contributed by atoms with Gasteiger partial charge in [-0.1, -0.05) is 13.8 Å². The predicted octanol–water partition coefficient (Wildman–Crippen LogP) is 3.63. The minimum Gasteiger partial charge on any atom is -0.298 e. The van der Waals surface area contributed by atoms with Crippen LogP contribution in [0.15, 0.2) is 30.5 Å². The summed E-state index contributed by atoms with van der Waals surface area (Å²) in [6.45, 7) is 4.14. The maximum absolute atomic E-state index is 11.2. The summed E-state index contributed by atoms with van der Waals surface area (Å²) in [6.07, 6.45) is 4.36. The highest BCUT2D eigenvalue weighted by molar-refractivity contribution is 5.85. The predicted molar refractivity (Wildman–Crippen MR) is 79.3 cm³/mol. The second kappa shape index (κ2) is 6.30. The Kier molecular flexibility index (Phi) is 4.47. The number of nitro benzene ring substituents is 1. The van der Waals surface area contributed by atoms with Gasteiger partial charge in [0, 0.05) is 23.9 Å². The number of hydrogen-bond donors (Lipinski definition) is 0. The molecule has 0 fully saturated rings. The summed E-state index contributed by atoms with van der Waals surface area (Å²) in [5.74, 6) is 0. The average Bonchev–Trinajstić information content (AvgIpc) is 2.92. The average molecular weight is 287 g/mol. The SMILES string of the molecule is CCC(CC)n1cc(C=O)c(-c2ccc([N+](=O)[O-])cc2)n1. The summed E-state index contributed by atoms with van der Waals surface area (Å²) in [6, 6.07) is 6.31. The number of rotatable bonds is 6. The van der Waals surface area contributed by atoms with Crippen LogP contribution in [0.25, 0.3) is 11.3 Å². The summed E-state index contributed by atoms with van der Waals surface area (Å²) < 4.78 is 1.81. The van der Waals surface area contributed by atoms with Gasteiger partial charge in [-0.3, -0.25) is 19.6 Å². The summed E-state index contributed by atoms with van der Waals surface area (Å²) in [4.78, 5) is 21.4. The Morgan fingerprint density at radius 3 is 2.38 bits per heavy atom. The van der Waals surface area contributed by atoms with E-state index in [2.05, 4.69) is 18.9 Å². The van der Waals surface area contributed by atoms with Crippen molar-refractivity contribution in [2.24, 2.45) is 0 Å². The lowest BCUT2D eigenvalue weighted by Crippen LogP contribution is -2.07. The second-order valence-corrected chi connectivity index (χ2v) is 4.81. The van der Waals surface area contributed by atoms with Crippen molar-refractivity contribution < 1.29 is 9.72 Å². The van der Waals surface area contributed by atoms with Crippen molar-refractivity contribution in [3.63, 3.8) is 0 Å². The van der Waals surface area contributed by atoms with Gasteiger partial charge in [-0.2, -0.15) is 5.10 Å². The lowest BCUT2D eigenvalue weighted by Gasteiger charge is -2.12. The summed E-state index contributed by atoms with van der Waals surface area (Å²) in [7, 11) is 0. The van der Waals surface area contributed by atoms with E-state index in [4.69, 9.17) is 0 Å². The Bertz CT molecular complexity index is 643. The Hall–Kier alpha value is -2.50.